The van der Waals surface area contributed by atoms with Crippen molar-refractivity contribution in [2.24, 2.45) is 5.10 Å². The number of nitrogens with zero attached hydrogens (tertiary/aromatic N) is 1. The zero-order valence-electron chi connectivity index (χ0n) is 15.2. The molecule has 6 heteroatoms. The molecule has 26 heavy (non-hydrogen) atoms. The fourth-order valence-corrected chi connectivity index (χ4v) is 3.47. The topological polar surface area (TPSA) is 70.6 Å². The molecular weight excluding hydrogens is 394 g/mol. The molecule has 2 N–H and O–H groups in total. The number of hydrazone groups is 1. The predicted octanol–water partition coefficient (Wildman–Crippen LogP) is 5.16. The molecular formula is C20H28BrN3O2. The van der Waals surface area contributed by atoms with E-state index in [9.17, 15) is 9.59 Å². The average Bonchev–Trinajstić information content (AvgIpc) is 2.61. The van der Waals surface area contributed by atoms with Gasteiger partial charge in [0.2, 0.25) is 0 Å². The Morgan fingerprint density at radius 1 is 0.846 bits per heavy atom. The van der Waals surface area contributed by atoms with E-state index in [1.165, 1.54) is 44.9 Å². The molecule has 142 valence electrons. The molecule has 0 atom stereocenters. The van der Waals surface area contributed by atoms with Crippen molar-refractivity contribution in [1.82, 2.24) is 5.43 Å². The van der Waals surface area contributed by atoms with Gasteiger partial charge in [-0.3, -0.25) is 9.59 Å². The van der Waals surface area contributed by atoms with Gasteiger partial charge in [0.1, 0.15) is 0 Å². The lowest BCUT2D eigenvalue weighted by molar-refractivity contribution is -0.136. The summed E-state index contributed by atoms with van der Waals surface area (Å²) < 4.78 is 0.837. The highest BCUT2D eigenvalue weighted by atomic mass is 79.9. The Morgan fingerprint density at radius 3 is 2.00 bits per heavy atom. The van der Waals surface area contributed by atoms with Crippen LogP contribution in [0.2, 0.25) is 0 Å². The fraction of sp³-hybridized carbons (Fsp3) is 0.550. The summed E-state index contributed by atoms with van der Waals surface area (Å²) >= 11 is 3.33. The smallest absolute Gasteiger partial charge is 0.318 e. The van der Waals surface area contributed by atoms with E-state index in [1.54, 1.807) is 18.2 Å². The molecule has 1 aliphatic rings. The van der Waals surface area contributed by atoms with Crippen molar-refractivity contribution < 1.29 is 9.59 Å². The zero-order chi connectivity index (χ0) is 18.6. The first kappa shape index (κ1) is 20.6. The zero-order valence-corrected chi connectivity index (χ0v) is 16.8. The van der Waals surface area contributed by atoms with Gasteiger partial charge in [-0.05, 0) is 43.9 Å². The Bertz CT molecular complexity index is 617. The van der Waals surface area contributed by atoms with E-state index in [1.807, 2.05) is 6.07 Å². The molecule has 0 unspecified atom stereocenters. The van der Waals surface area contributed by atoms with Crippen LogP contribution in [-0.4, -0.2) is 17.5 Å². The van der Waals surface area contributed by atoms with E-state index >= 15 is 0 Å². The molecule has 1 aromatic carbocycles. The maximum atomic E-state index is 12.0. The van der Waals surface area contributed by atoms with Crippen molar-refractivity contribution >= 4 is 39.1 Å². The molecule has 2 rings (SSSR count). The minimum Gasteiger partial charge on any atom is -0.318 e. The molecule has 0 aliphatic heterocycles. The number of benzene rings is 1. The van der Waals surface area contributed by atoms with Crippen molar-refractivity contribution in [3.05, 3.63) is 28.7 Å². The molecule has 1 aromatic rings. The van der Waals surface area contributed by atoms with Gasteiger partial charge in [-0.2, -0.15) is 5.10 Å². The van der Waals surface area contributed by atoms with Crippen LogP contribution in [-0.2, 0) is 9.59 Å². The van der Waals surface area contributed by atoms with E-state index in [0.717, 1.165) is 35.9 Å². The summed E-state index contributed by atoms with van der Waals surface area (Å²) in [4.78, 5) is 24.0. The van der Waals surface area contributed by atoms with Gasteiger partial charge in [0.05, 0.1) is 0 Å². The van der Waals surface area contributed by atoms with Crippen LogP contribution >= 0.6 is 15.9 Å². The van der Waals surface area contributed by atoms with Gasteiger partial charge in [-0.1, -0.05) is 66.9 Å². The van der Waals surface area contributed by atoms with Crippen molar-refractivity contribution in [3.8, 4) is 0 Å². The summed E-state index contributed by atoms with van der Waals surface area (Å²) in [5.41, 5.74) is 3.99. The fourth-order valence-electron chi connectivity index (χ4n) is 3.07. The number of carbonyl (C=O) groups excluding carboxylic acids is 2. The Labute approximate surface area is 164 Å². The van der Waals surface area contributed by atoms with Gasteiger partial charge in [-0.15, -0.1) is 0 Å². The van der Waals surface area contributed by atoms with E-state index in [0.29, 0.717) is 5.69 Å². The third-order valence-corrected chi connectivity index (χ3v) is 5.03. The standard InChI is InChI=1S/C20H28BrN3O2/c21-16-11-10-14-18(15-16)22-19(25)20(26)24-23-17-12-8-6-4-2-1-3-5-7-9-13-17/h10-11,14-15H,1-9,12-13H2,(H,22,25)(H,24,26). The molecule has 5 nitrogen and oxygen atoms in total. The first-order chi connectivity index (χ1) is 12.6. The summed E-state index contributed by atoms with van der Waals surface area (Å²) in [5, 5.41) is 6.81. The van der Waals surface area contributed by atoms with Crippen LogP contribution in [0.4, 0.5) is 5.69 Å². The molecule has 0 spiro atoms. The highest BCUT2D eigenvalue weighted by Crippen LogP contribution is 2.16. The molecule has 0 aromatic heterocycles. The van der Waals surface area contributed by atoms with Gasteiger partial charge in [0.15, 0.2) is 0 Å². The number of anilines is 1. The van der Waals surface area contributed by atoms with Crippen LogP contribution in [0.5, 0.6) is 0 Å². The summed E-state index contributed by atoms with van der Waals surface area (Å²) in [7, 11) is 0. The number of carbonyl (C=O) groups is 2. The average molecular weight is 422 g/mol. The number of nitrogens with one attached hydrogen (secondary N) is 2. The molecule has 0 heterocycles. The predicted molar refractivity (Wildman–Crippen MR) is 109 cm³/mol. The largest absolute Gasteiger partial charge is 0.329 e. The molecule has 1 aliphatic carbocycles. The van der Waals surface area contributed by atoms with Gasteiger partial charge < -0.3 is 5.32 Å². The summed E-state index contributed by atoms with van der Waals surface area (Å²) in [6.07, 6.45) is 12.9. The number of hydrogen-bond acceptors (Lipinski definition) is 3. The van der Waals surface area contributed by atoms with E-state index in [2.05, 4.69) is 31.8 Å². The SMILES string of the molecule is O=C(NN=C1CCCCCCCCCCC1)C(=O)Nc1cccc(Br)c1. The van der Waals surface area contributed by atoms with Gasteiger partial charge >= 0.3 is 11.8 Å². The summed E-state index contributed by atoms with van der Waals surface area (Å²) in [6, 6.07) is 7.12. The minimum absolute atomic E-state index is 0.568. The number of amides is 2. The maximum Gasteiger partial charge on any atom is 0.329 e. The minimum atomic E-state index is -0.733. The summed E-state index contributed by atoms with van der Waals surface area (Å²) in [5.74, 6) is -1.44. The second-order valence-corrected chi connectivity index (χ2v) is 7.68. The van der Waals surface area contributed by atoms with Crippen molar-refractivity contribution in [3.63, 3.8) is 0 Å². The Hall–Kier alpha value is -1.69. The first-order valence-electron chi connectivity index (χ1n) is 9.57. The van der Waals surface area contributed by atoms with Crippen molar-refractivity contribution in [1.29, 1.82) is 0 Å². The summed E-state index contributed by atoms with van der Waals surface area (Å²) in [6.45, 7) is 0. The Kier molecular flexibility index (Phi) is 9.39. The Morgan fingerprint density at radius 2 is 1.42 bits per heavy atom. The lowest BCUT2D eigenvalue weighted by atomic mass is 10.00. The molecule has 1 fully saturated rings. The molecule has 2 amide bonds. The van der Waals surface area contributed by atoms with E-state index in [-0.39, 0.29) is 0 Å². The highest BCUT2D eigenvalue weighted by Gasteiger charge is 2.13. The third kappa shape index (κ3) is 8.13. The lowest BCUT2D eigenvalue weighted by Gasteiger charge is -2.10. The second kappa shape index (κ2) is 11.8. The van der Waals surface area contributed by atoms with Crippen LogP contribution in [0.3, 0.4) is 0 Å². The quantitative estimate of drug-likeness (QED) is 0.510. The van der Waals surface area contributed by atoms with Crippen molar-refractivity contribution in [2.75, 3.05) is 5.32 Å². The number of hydrogen-bond donors (Lipinski definition) is 2. The van der Waals surface area contributed by atoms with E-state index in [4.69, 9.17) is 0 Å². The Balaban J connectivity index is 1.85. The normalized spacial score (nSPS) is 16.7. The second-order valence-electron chi connectivity index (χ2n) is 6.77. The lowest BCUT2D eigenvalue weighted by Crippen LogP contribution is -2.33. The highest BCUT2D eigenvalue weighted by molar-refractivity contribution is 9.10. The third-order valence-electron chi connectivity index (χ3n) is 4.53. The molecule has 1 saturated carbocycles. The number of rotatable bonds is 2. The van der Waals surface area contributed by atoms with Gasteiger partial charge in [0.25, 0.3) is 0 Å². The monoisotopic (exact) mass is 421 g/mol. The first-order valence-corrected chi connectivity index (χ1v) is 10.4. The van der Waals surface area contributed by atoms with Crippen LogP contribution in [0.1, 0.15) is 70.6 Å². The number of halogens is 1. The van der Waals surface area contributed by atoms with Crippen LogP contribution < -0.4 is 10.7 Å². The van der Waals surface area contributed by atoms with Crippen molar-refractivity contribution in [2.45, 2.75) is 70.6 Å². The molecule has 0 saturated heterocycles. The van der Waals surface area contributed by atoms with Crippen LogP contribution in [0.15, 0.2) is 33.8 Å². The van der Waals surface area contributed by atoms with E-state index < -0.39 is 11.8 Å². The van der Waals surface area contributed by atoms with Crippen LogP contribution in [0.25, 0.3) is 0 Å². The van der Waals surface area contributed by atoms with Gasteiger partial charge in [-0.25, -0.2) is 5.43 Å². The van der Waals surface area contributed by atoms with Gasteiger partial charge in [0, 0.05) is 15.9 Å². The maximum absolute atomic E-state index is 12.0. The molecule has 0 bridgehead atoms. The van der Waals surface area contributed by atoms with Crippen LogP contribution in [0, 0.1) is 0 Å². The molecule has 0 radical (unpaired) electrons.